The van der Waals surface area contributed by atoms with Gasteiger partial charge in [0.15, 0.2) is 0 Å². The van der Waals surface area contributed by atoms with E-state index in [1.807, 2.05) is 0 Å². The molecule has 1 heterocycles. The van der Waals surface area contributed by atoms with Gasteiger partial charge in [0.1, 0.15) is 42.3 Å². The molecule has 1 fully saturated rings. The number of carbonyl (C=O) groups excluding carboxylic acids is 9. The average Bonchev–Trinajstić information content (AvgIpc) is 3.13. The average molecular weight is 842 g/mol. The largest absolute Gasteiger partial charge is 0.391 e. The lowest BCUT2D eigenvalue weighted by molar-refractivity contribution is -0.136. The van der Waals surface area contributed by atoms with Crippen LogP contribution >= 0.6 is 0 Å². The Hall–Kier alpha value is -4.97. The van der Waals surface area contributed by atoms with Crippen LogP contribution in [0.1, 0.15) is 79.6 Å². The van der Waals surface area contributed by atoms with Crippen LogP contribution in [0.25, 0.3) is 0 Å². The van der Waals surface area contributed by atoms with Crippen LogP contribution < -0.4 is 71.2 Å². The molecule has 0 saturated carbocycles. The Morgan fingerprint density at radius 1 is 0.627 bits per heavy atom. The molecule has 0 bridgehead atoms. The number of aliphatic hydroxyl groups is 1. The van der Waals surface area contributed by atoms with Crippen molar-refractivity contribution < 1.29 is 48.3 Å². The van der Waals surface area contributed by atoms with Gasteiger partial charge in [-0.25, -0.2) is 0 Å². The van der Waals surface area contributed by atoms with Crippen LogP contribution in [0.15, 0.2) is 0 Å². The van der Waals surface area contributed by atoms with Gasteiger partial charge in [0.05, 0.1) is 18.6 Å². The van der Waals surface area contributed by atoms with E-state index >= 15 is 0 Å². The van der Waals surface area contributed by atoms with Crippen molar-refractivity contribution in [1.82, 2.24) is 42.5 Å². The number of nitrogens with one attached hydrogen (secondary N) is 8. The zero-order chi connectivity index (χ0) is 45.0. The van der Waals surface area contributed by atoms with Crippen LogP contribution in [0.2, 0.25) is 0 Å². The van der Waals surface area contributed by atoms with Crippen molar-refractivity contribution in [3.63, 3.8) is 0 Å². The summed E-state index contributed by atoms with van der Waals surface area (Å²) >= 11 is 0. The highest BCUT2D eigenvalue weighted by atomic mass is 16.3. The Labute approximate surface area is 344 Å². The fraction of sp³-hybridized carbons (Fsp3) is 0.750. The lowest BCUT2D eigenvalue weighted by Crippen LogP contribution is -2.61. The Balaban J connectivity index is 3.81. The van der Waals surface area contributed by atoms with E-state index in [1.54, 1.807) is 27.7 Å². The molecule has 0 aromatic rings. The number of carbonyl (C=O) groups is 9. The van der Waals surface area contributed by atoms with E-state index in [2.05, 4.69) is 42.5 Å². The number of primary amides is 1. The molecule has 1 saturated heterocycles. The number of nitrogens with two attached hydrogens (primary N) is 5. The van der Waals surface area contributed by atoms with Crippen molar-refractivity contribution in [2.24, 2.45) is 40.5 Å². The third kappa shape index (κ3) is 18.7. The van der Waals surface area contributed by atoms with Crippen molar-refractivity contribution in [2.45, 2.75) is 134 Å². The van der Waals surface area contributed by atoms with Gasteiger partial charge in [-0.2, -0.15) is 0 Å². The zero-order valence-corrected chi connectivity index (χ0v) is 34.6. The minimum atomic E-state index is -1.59. The topological polar surface area (TPSA) is 400 Å². The summed E-state index contributed by atoms with van der Waals surface area (Å²) in [5.74, 6) is -8.04. The second-order valence-electron chi connectivity index (χ2n) is 15.4. The summed E-state index contributed by atoms with van der Waals surface area (Å²) in [5, 5.41) is 30.7. The molecule has 23 nitrogen and oxygen atoms in total. The van der Waals surface area contributed by atoms with Crippen LogP contribution in [0.4, 0.5) is 0 Å². The van der Waals surface area contributed by atoms with Crippen molar-refractivity contribution in [1.29, 1.82) is 0 Å². The van der Waals surface area contributed by atoms with Crippen LogP contribution in [-0.2, 0) is 43.2 Å². The molecule has 336 valence electrons. The molecule has 0 radical (unpaired) electrons. The second kappa shape index (κ2) is 26.2. The number of rotatable bonds is 15. The molecule has 9 atom stereocenters. The second-order valence-corrected chi connectivity index (χ2v) is 15.4. The Kier molecular flexibility index (Phi) is 23.1. The van der Waals surface area contributed by atoms with Gasteiger partial charge in [0, 0.05) is 6.54 Å². The summed E-state index contributed by atoms with van der Waals surface area (Å²) in [6.07, 6.45) is -2.50. The van der Waals surface area contributed by atoms with Gasteiger partial charge < -0.3 is 76.3 Å². The van der Waals surface area contributed by atoms with E-state index in [9.17, 15) is 48.3 Å². The molecule has 0 aliphatic carbocycles. The maximum atomic E-state index is 13.9. The molecule has 9 amide bonds. The summed E-state index contributed by atoms with van der Waals surface area (Å²) < 4.78 is 0. The monoisotopic (exact) mass is 842 g/mol. The summed E-state index contributed by atoms with van der Waals surface area (Å²) in [7, 11) is 0. The molecule has 0 spiro atoms. The summed E-state index contributed by atoms with van der Waals surface area (Å²) in [5.41, 5.74) is 28.3. The van der Waals surface area contributed by atoms with Gasteiger partial charge in [-0.05, 0) is 76.9 Å². The molecule has 19 N–H and O–H groups in total. The molecular weight excluding hydrogens is 774 g/mol. The van der Waals surface area contributed by atoms with Gasteiger partial charge in [-0.3, -0.25) is 43.2 Å². The minimum absolute atomic E-state index is 0.0642. The fourth-order valence-electron chi connectivity index (χ4n) is 6.04. The Bertz CT molecular complexity index is 1460. The normalized spacial score (nSPS) is 26.0. The summed E-state index contributed by atoms with van der Waals surface area (Å²) in [4.78, 5) is 120. The molecule has 0 aromatic heterocycles. The number of hydrogen-bond acceptors (Lipinski definition) is 14. The predicted molar refractivity (Wildman–Crippen MR) is 215 cm³/mol. The summed E-state index contributed by atoms with van der Waals surface area (Å²) in [6, 6.07) is -11.0. The van der Waals surface area contributed by atoms with Gasteiger partial charge in [-0.1, -0.05) is 27.7 Å². The number of amides is 9. The minimum Gasteiger partial charge on any atom is -0.391 e. The lowest BCUT2D eigenvalue weighted by Gasteiger charge is -2.28. The van der Waals surface area contributed by atoms with Crippen LogP contribution in [0.3, 0.4) is 0 Å². The first-order valence-electron chi connectivity index (χ1n) is 19.9. The molecule has 59 heavy (non-hydrogen) atoms. The Morgan fingerprint density at radius 3 is 1.37 bits per heavy atom. The third-order valence-corrected chi connectivity index (χ3v) is 9.13. The van der Waals surface area contributed by atoms with E-state index in [-0.39, 0.29) is 76.5 Å². The van der Waals surface area contributed by atoms with Gasteiger partial charge in [0.25, 0.3) is 0 Å². The molecule has 0 unspecified atom stereocenters. The molecular formula is C36H67N13O10. The van der Waals surface area contributed by atoms with Gasteiger partial charge >= 0.3 is 0 Å². The molecule has 0 aromatic carbocycles. The van der Waals surface area contributed by atoms with Crippen LogP contribution in [0, 0.1) is 11.8 Å². The number of hydrogen-bond donors (Lipinski definition) is 14. The third-order valence-electron chi connectivity index (χ3n) is 9.13. The molecule has 1 aliphatic heterocycles. The first kappa shape index (κ1) is 52.0. The van der Waals surface area contributed by atoms with E-state index in [0.717, 1.165) is 0 Å². The van der Waals surface area contributed by atoms with Gasteiger partial charge in [-0.15, -0.1) is 0 Å². The quantitative estimate of drug-likeness (QED) is 0.0730. The van der Waals surface area contributed by atoms with Crippen LogP contribution in [-0.4, -0.2) is 139 Å². The van der Waals surface area contributed by atoms with Crippen molar-refractivity contribution in [3.8, 4) is 0 Å². The van der Waals surface area contributed by atoms with Crippen molar-refractivity contribution in [2.75, 3.05) is 26.2 Å². The maximum Gasteiger partial charge on any atom is 0.245 e. The molecule has 23 heteroatoms. The maximum absolute atomic E-state index is 13.9. The lowest BCUT2D eigenvalue weighted by atomic mass is 9.99. The standard InChI is InChI=1S/C36H67N13O10/c1-17(2)14-25-34(57)46-21(6-10-37)30(53)45-23(8-12-39)33(56)49-28(19(5)50)36(59)42-13-9-24(43-29(52)20(40)16-27(41)51)32(55)44-22(7-11-38)31(54)47-26(15-18(3)4)35(58)48-25/h17-26,28,50H,6-16,37-40H2,1-5H3,(H2,41,51)(H,42,59)(H,43,52)(H,44,55)(H,45,53)(H,46,57)(H,47,54)(H,48,58)(H,49,56)/t19-,20+,21+,22+,23+,24+,25+,26-,28+/m1/s1. The predicted octanol–water partition coefficient (Wildman–Crippen LogP) is -6.38. The highest BCUT2D eigenvalue weighted by molar-refractivity contribution is 5.98. The summed E-state index contributed by atoms with van der Waals surface area (Å²) in [6.45, 7) is 7.80. The molecule has 1 rings (SSSR count). The Morgan fingerprint density at radius 2 is 1.00 bits per heavy atom. The first-order chi connectivity index (χ1) is 27.6. The smallest absolute Gasteiger partial charge is 0.245 e. The van der Waals surface area contributed by atoms with E-state index in [0.29, 0.717) is 0 Å². The van der Waals surface area contributed by atoms with Crippen molar-refractivity contribution >= 4 is 53.2 Å². The zero-order valence-electron chi connectivity index (χ0n) is 34.6. The number of aliphatic hydroxyl groups excluding tert-OH is 1. The van der Waals surface area contributed by atoms with E-state index in [1.165, 1.54) is 6.92 Å². The van der Waals surface area contributed by atoms with E-state index < -0.39 is 114 Å². The van der Waals surface area contributed by atoms with E-state index in [4.69, 9.17) is 28.7 Å². The first-order valence-corrected chi connectivity index (χ1v) is 19.9. The SMILES string of the molecule is CC(C)C[C@@H]1NC(=O)[C@@H](CC(C)C)NC(=O)[C@H](CCN)NC(=O)[C@@H](NC(=O)[C@@H](N)CC(N)=O)CCNC(=O)[C@H]([C@@H](C)O)NC(=O)[C@H](CCN)NC(=O)[C@H](CCN)NC1=O. The van der Waals surface area contributed by atoms with Crippen LogP contribution in [0.5, 0.6) is 0 Å². The van der Waals surface area contributed by atoms with Crippen molar-refractivity contribution in [3.05, 3.63) is 0 Å². The van der Waals surface area contributed by atoms with Gasteiger partial charge in [0.2, 0.25) is 53.2 Å². The fourth-order valence-corrected chi connectivity index (χ4v) is 6.04. The highest BCUT2D eigenvalue weighted by Gasteiger charge is 2.35. The molecule has 1 aliphatic rings. The highest BCUT2D eigenvalue weighted by Crippen LogP contribution is 2.11.